The number of nitrogens with zero attached hydrogens (tertiary/aromatic N) is 2. The number of likely N-dealkylation sites (tertiary alicyclic amines) is 1. The fourth-order valence-electron chi connectivity index (χ4n) is 2.57. The lowest BCUT2D eigenvalue weighted by Gasteiger charge is -2.18. The predicted octanol–water partition coefficient (Wildman–Crippen LogP) is -0.311. The Bertz CT molecular complexity index is 434. The van der Waals surface area contributed by atoms with Crippen molar-refractivity contribution in [2.24, 2.45) is 10.9 Å². The van der Waals surface area contributed by atoms with Crippen LogP contribution in [0, 0.1) is 5.92 Å². The highest BCUT2D eigenvalue weighted by Gasteiger charge is 2.29. The largest absolute Gasteiger partial charge is 0.355 e. The van der Waals surface area contributed by atoms with E-state index in [1.165, 1.54) is 0 Å². The molecule has 2 rings (SSSR count). The van der Waals surface area contributed by atoms with Crippen molar-refractivity contribution in [1.29, 1.82) is 0 Å². The first kappa shape index (κ1) is 16.6. The molecule has 2 amide bonds. The van der Waals surface area contributed by atoms with Crippen molar-refractivity contribution in [2.45, 2.75) is 38.6 Å². The quantitative estimate of drug-likeness (QED) is 0.357. The molecule has 124 valence electrons. The fourth-order valence-corrected chi connectivity index (χ4v) is 2.57. The SMILES string of the molecule is CCC(=O)N1CCC(NC(=NC)NCCNC(=O)C2CC2)C1. The Morgan fingerprint density at radius 2 is 1.91 bits per heavy atom. The molecule has 2 fully saturated rings. The van der Waals surface area contributed by atoms with Gasteiger partial charge in [0.05, 0.1) is 0 Å². The molecule has 0 spiro atoms. The molecule has 0 radical (unpaired) electrons. The molecule has 7 heteroatoms. The van der Waals surface area contributed by atoms with Crippen molar-refractivity contribution in [2.75, 3.05) is 33.2 Å². The standard InChI is InChI=1S/C15H27N5O2/c1-3-13(21)20-9-6-12(10-20)19-15(16-2)18-8-7-17-14(22)11-4-5-11/h11-12H,3-10H2,1-2H3,(H,17,22)(H2,16,18,19). The summed E-state index contributed by atoms with van der Waals surface area (Å²) in [4.78, 5) is 29.2. The molecule has 0 aromatic heterocycles. The van der Waals surface area contributed by atoms with Gasteiger partial charge < -0.3 is 20.9 Å². The molecule has 1 unspecified atom stereocenters. The second kappa shape index (κ2) is 8.00. The highest BCUT2D eigenvalue weighted by molar-refractivity contribution is 5.82. The Hall–Kier alpha value is -1.79. The molecule has 2 aliphatic rings. The van der Waals surface area contributed by atoms with Gasteiger partial charge in [0.15, 0.2) is 5.96 Å². The summed E-state index contributed by atoms with van der Waals surface area (Å²) in [5.74, 6) is 1.33. The number of carbonyl (C=O) groups is 2. The summed E-state index contributed by atoms with van der Waals surface area (Å²) in [5.41, 5.74) is 0. The molecule has 1 heterocycles. The predicted molar refractivity (Wildman–Crippen MR) is 85.5 cm³/mol. The van der Waals surface area contributed by atoms with E-state index in [1.807, 2.05) is 11.8 Å². The average molecular weight is 309 g/mol. The number of hydrogen-bond donors (Lipinski definition) is 3. The topological polar surface area (TPSA) is 85.8 Å². The van der Waals surface area contributed by atoms with Crippen LogP contribution in [-0.4, -0.2) is 61.9 Å². The summed E-state index contributed by atoms with van der Waals surface area (Å²) in [7, 11) is 1.72. The van der Waals surface area contributed by atoms with E-state index in [1.54, 1.807) is 7.05 Å². The van der Waals surface area contributed by atoms with E-state index in [-0.39, 0.29) is 23.8 Å². The molecule has 0 aromatic carbocycles. The maximum atomic E-state index is 11.7. The van der Waals surface area contributed by atoms with Crippen LogP contribution in [0.15, 0.2) is 4.99 Å². The maximum Gasteiger partial charge on any atom is 0.223 e. The molecule has 0 bridgehead atoms. The minimum absolute atomic E-state index is 0.161. The van der Waals surface area contributed by atoms with Crippen LogP contribution < -0.4 is 16.0 Å². The van der Waals surface area contributed by atoms with Crippen LogP contribution in [0.2, 0.25) is 0 Å². The molecule has 0 aromatic rings. The average Bonchev–Trinajstić information content (AvgIpc) is 3.28. The third-order valence-corrected chi connectivity index (χ3v) is 4.07. The van der Waals surface area contributed by atoms with E-state index in [4.69, 9.17) is 0 Å². The van der Waals surface area contributed by atoms with Crippen molar-refractivity contribution in [1.82, 2.24) is 20.9 Å². The van der Waals surface area contributed by atoms with E-state index in [9.17, 15) is 9.59 Å². The lowest BCUT2D eigenvalue weighted by Crippen LogP contribution is -2.47. The van der Waals surface area contributed by atoms with Crippen molar-refractivity contribution < 1.29 is 9.59 Å². The highest BCUT2D eigenvalue weighted by atomic mass is 16.2. The third kappa shape index (κ3) is 4.89. The van der Waals surface area contributed by atoms with Gasteiger partial charge in [-0.15, -0.1) is 0 Å². The first-order valence-corrected chi connectivity index (χ1v) is 8.16. The second-order valence-corrected chi connectivity index (χ2v) is 5.89. The van der Waals surface area contributed by atoms with E-state index in [0.717, 1.165) is 38.3 Å². The van der Waals surface area contributed by atoms with Crippen molar-refractivity contribution >= 4 is 17.8 Å². The van der Waals surface area contributed by atoms with Gasteiger partial charge in [-0.2, -0.15) is 0 Å². The maximum absolute atomic E-state index is 11.7. The minimum Gasteiger partial charge on any atom is -0.355 e. The van der Waals surface area contributed by atoms with Gasteiger partial charge in [0.25, 0.3) is 0 Å². The Morgan fingerprint density at radius 1 is 1.18 bits per heavy atom. The Kier molecular flexibility index (Phi) is 6.03. The Labute approximate surface area is 131 Å². The van der Waals surface area contributed by atoms with Crippen LogP contribution >= 0.6 is 0 Å². The van der Waals surface area contributed by atoms with Crippen molar-refractivity contribution in [3.8, 4) is 0 Å². The summed E-state index contributed by atoms with van der Waals surface area (Å²) < 4.78 is 0. The smallest absolute Gasteiger partial charge is 0.223 e. The summed E-state index contributed by atoms with van der Waals surface area (Å²) in [5, 5.41) is 9.43. The number of nitrogens with one attached hydrogen (secondary N) is 3. The monoisotopic (exact) mass is 309 g/mol. The van der Waals surface area contributed by atoms with E-state index < -0.39 is 0 Å². The second-order valence-electron chi connectivity index (χ2n) is 5.89. The zero-order valence-corrected chi connectivity index (χ0v) is 13.5. The van der Waals surface area contributed by atoms with Gasteiger partial charge in [0.2, 0.25) is 11.8 Å². The molecule has 1 atom stereocenters. The van der Waals surface area contributed by atoms with Crippen LogP contribution in [0.5, 0.6) is 0 Å². The highest BCUT2D eigenvalue weighted by Crippen LogP contribution is 2.28. The van der Waals surface area contributed by atoms with E-state index >= 15 is 0 Å². The fraction of sp³-hybridized carbons (Fsp3) is 0.800. The van der Waals surface area contributed by atoms with Crippen LogP contribution in [0.3, 0.4) is 0 Å². The number of guanidine groups is 1. The summed E-state index contributed by atoms with van der Waals surface area (Å²) >= 11 is 0. The summed E-state index contributed by atoms with van der Waals surface area (Å²) in [6, 6.07) is 0.239. The molecule has 1 aliphatic carbocycles. The molecule has 1 aliphatic heterocycles. The van der Waals surface area contributed by atoms with Gasteiger partial charge in [-0.1, -0.05) is 6.92 Å². The molecular weight excluding hydrogens is 282 g/mol. The van der Waals surface area contributed by atoms with E-state index in [2.05, 4.69) is 20.9 Å². The van der Waals surface area contributed by atoms with Crippen LogP contribution in [-0.2, 0) is 9.59 Å². The number of carbonyl (C=O) groups excluding carboxylic acids is 2. The molecule has 1 saturated carbocycles. The Morgan fingerprint density at radius 3 is 2.55 bits per heavy atom. The lowest BCUT2D eigenvalue weighted by molar-refractivity contribution is -0.129. The normalized spacial score (nSPS) is 21.6. The van der Waals surface area contributed by atoms with Crippen molar-refractivity contribution in [3.05, 3.63) is 0 Å². The number of hydrogen-bond acceptors (Lipinski definition) is 3. The molecule has 7 nitrogen and oxygen atoms in total. The van der Waals surface area contributed by atoms with Crippen LogP contribution in [0.25, 0.3) is 0 Å². The molecular formula is C15H27N5O2. The van der Waals surface area contributed by atoms with Crippen LogP contribution in [0.1, 0.15) is 32.6 Å². The van der Waals surface area contributed by atoms with Gasteiger partial charge in [-0.05, 0) is 19.3 Å². The number of rotatable bonds is 6. The van der Waals surface area contributed by atoms with Gasteiger partial charge in [-0.25, -0.2) is 0 Å². The van der Waals surface area contributed by atoms with Crippen molar-refractivity contribution in [3.63, 3.8) is 0 Å². The van der Waals surface area contributed by atoms with E-state index in [0.29, 0.717) is 19.5 Å². The summed E-state index contributed by atoms with van der Waals surface area (Å²) in [6.45, 7) is 4.66. The number of aliphatic imine (C=N–C) groups is 1. The van der Waals surface area contributed by atoms with Gasteiger partial charge in [0, 0.05) is 51.6 Å². The van der Waals surface area contributed by atoms with Gasteiger partial charge in [0.1, 0.15) is 0 Å². The molecule has 3 N–H and O–H groups in total. The lowest BCUT2D eigenvalue weighted by atomic mass is 10.3. The first-order chi connectivity index (χ1) is 10.6. The minimum atomic E-state index is 0.161. The summed E-state index contributed by atoms with van der Waals surface area (Å²) in [6.07, 6.45) is 3.54. The molecule has 22 heavy (non-hydrogen) atoms. The zero-order chi connectivity index (χ0) is 15.9. The number of amides is 2. The van der Waals surface area contributed by atoms with Crippen LogP contribution in [0.4, 0.5) is 0 Å². The Balaban J connectivity index is 1.62. The van der Waals surface area contributed by atoms with Gasteiger partial charge in [-0.3, -0.25) is 14.6 Å². The zero-order valence-electron chi connectivity index (χ0n) is 13.5. The molecule has 1 saturated heterocycles. The van der Waals surface area contributed by atoms with Gasteiger partial charge >= 0.3 is 0 Å². The third-order valence-electron chi connectivity index (χ3n) is 4.07. The first-order valence-electron chi connectivity index (χ1n) is 8.16.